The van der Waals surface area contributed by atoms with Crippen molar-refractivity contribution in [1.29, 1.82) is 0 Å². The van der Waals surface area contributed by atoms with Crippen LogP contribution in [0.25, 0.3) is 10.2 Å². The highest BCUT2D eigenvalue weighted by atomic mass is 32.1. The van der Waals surface area contributed by atoms with Crippen LogP contribution in [-0.4, -0.2) is 53.8 Å². The third kappa shape index (κ3) is 4.52. The van der Waals surface area contributed by atoms with E-state index in [0.29, 0.717) is 17.8 Å². The monoisotopic (exact) mass is 422 g/mol. The van der Waals surface area contributed by atoms with Gasteiger partial charge in [0.15, 0.2) is 0 Å². The molecular formula is C23H26N4O2S. The molecule has 0 bridgehead atoms. The second kappa shape index (κ2) is 8.93. The maximum atomic E-state index is 12.7. The van der Waals surface area contributed by atoms with Gasteiger partial charge in [0, 0.05) is 25.3 Å². The first-order chi connectivity index (χ1) is 14.5. The normalized spacial score (nSPS) is 17.1. The van der Waals surface area contributed by atoms with Gasteiger partial charge in [-0.15, -0.1) is 11.3 Å². The predicted molar refractivity (Wildman–Crippen MR) is 121 cm³/mol. The molecule has 1 aliphatic heterocycles. The van der Waals surface area contributed by atoms with Crippen molar-refractivity contribution in [2.45, 2.75) is 25.3 Å². The number of nitrogens with one attached hydrogen (secondary N) is 1. The van der Waals surface area contributed by atoms with Gasteiger partial charge in [0.25, 0.3) is 5.91 Å². The van der Waals surface area contributed by atoms with Crippen molar-refractivity contribution in [2.75, 3.05) is 32.5 Å². The summed E-state index contributed by atoms with van der Waals surface area (Å²) in [7, 11) is 3.44. The highest BCUT2D eigenvalue weighted by molar-refractivity contribution is 7.18. The molecule has 6 nitrogen and oxygen atoms in total. The molecule has 7 heteroatoms. The maximum Gasteiger partial charge on any atom is 0.253 e. The van der Waals surface area contributed by atoms with Gasteiger partial charge in [0.2, 0.25) is 5.91 Å². The standard InChI is InChI=1S/C23H26N4O2S/c1-26(2)23(29)16-10-12-17(13-11-16)24-21(28)15-27-14-6-5-8-19(27)22-25-18-7-3-4-9-20(18)30-22/h3-4,7,9-13,19H,5-6,8,14-15H2,1-2H3,(H,24,28)/t19-/m0/s1. The number of amides is 2. The first kappa shape index (κ1) is 20.5. The van der Waals surface area contributed by atoms with Crippen LogP contribution in [0.5, 0.6) is 0 Å². The average Bonchev–Trinajstić information content (AvgIpc) is 3.18. The van der Waals surface area contributed by atoms with Crippen molar-refractivity contribution < 1.29 is 9.59 Å². The fourth-order valence-electron chi connectivity index (χ4n) is 3.83. The molecule has 1 atom stereocenters. The summed E-state index contributed by atoms with van der Waals surface area (Å²) in [5.41, 5.74) is 2.33. The van der Waals surface area contributed by atoms with E-state index in [2.05, 4.69) is 16.3 Å². The lowest BCUT2D eigenvalue weighted by Gasteiger charge is -2.33. The van der Waals surface area contributed by atoms with Crippen LogP contribution in [0.2, 0.25) is 0 Å². The quantitative estimate of drug-likeness (QED) is 0.670. The zero-order valence-electron chi connectivity index (χ0n) is 17.3. The minimum absolute atomic E-state index is 0.0466. The largest absolute Gasteiger partial charge is 0.345 e. The van der Waals surface area contributed by atoms with Crippen LogP contribution >= 0.6 is 11.3 Å². The van der Waals surface area contributed by atoms with Gasteiger partial charge in [0.05, 0.1) is 22.8 Å². The molecule has 1 aliphatic rings. The van der Waals surface area contributed by atoms with Crippen LogP contribution < -0.4 is 5.32 Å². The molecule has 3 aromatic rings. The van der Waals surface area contributed by atoms with Gasteiger partial charge in [-0.1, -0.05) is 18.6 Å². The zero-order chi connectivity index (χ0) is 21.1. The highest BCUT2D eigenvalue weighted by Gasteiger charge is 2.28. The highest BCUT2D eigenvalue weighted by Crippen LogP contribution is 2.35. The second-order valence-electron chi connectivity index (χ2n) is 7.83. The molecule has 0 spiro atoms. The van der Waals surface area contributed by atoms with Gasteiger partial charge in [-0.25, -0.2) is 4.98 Å². The number of para-hydroxylation sites is 1. The molecule has 0 radical (unpaired) electrons. The van der Waals surface area contributed by atoms with E-state index >= 15 is 0 Å². The Hall–Kier alpha value is -2.77. The van der Waals surface area contributed by atoms with Crippen LogP contribution in [0.1, 0.15) is 40.7 Å². The smallest absolute Gasteiger partial charge is 0.253 e. The number of thiazole rings is 1. The van der Waals surface area contributed by atoms with Crippen molar-refractivity contribution >= 4 is 39.1 Å². The topological polar surface area (TPSA) is 65.5 Å². The van der Waals surface area contributed by atoms with Crippen molar-refractivity contribution in [2.24, 2.45) is 0 Å². The Labute approximate surface area is 180 Å². The molecule has 0 saturated carbocycles. The first-order valence-corrected chi connectivity index (χ1v) is 11.0. The molecular weight excluding hydrogens is 396 g/mol. The van der Waals surface area contributed by atoms with Gasteiger partial charge in [-0.05, 0) is 55.8 Å². The van der Waals surface area contributed by atoms with Crippen LogP contribution in [0.15, 0.2) is 48.5 Å². The van der Waals surface area contributed by atoms with Crippen LogP contribution in [0, 0.1) is 0 Å². The number of likely N-dealkylation sites (tertiary alicyclic amines) is 1. The Morgan fingerprint density at radius 1 is 1.13 bits per heavy atom. The lowest BCUT2D eigenvalue weighted by atomic mass is 10.0. The minimum Gasteiger partial charge on any atom is -0.345 e. The molecule has 1 aromatic heterocycles. The summed E-state index contributed by atoms with van der Waals surface area (Å²) in [6, 6.07) is 15.4. The predicted octanol–water partition coefficient (Wildman–Crippen LogP) is 4.16. The summed E-state index contributed by atoms with van der Waals surface area (Å²) < 4.78 is 1.19. The number of hydrogen-bond acceptors (Lipinski definition) is 5. The van der Waals surface area contributed by atoms with Crippen LogP contribution in [0.4, 0.5) is 5.69 Å². The molecule has 2 amide bonds. The maximum absolute atomic E-state index is 12.7. The first-order valence-electron chi connectivity index (χ1n) is 10.2. The van der Waals surface area contributed by atoms with Crippen molar-refractivity contribution in [3.63, 3.8) is 0 Å². The number of rotatable bonds is 5. The number of fused-ring (bicyclic) bond motifs is 1. The number of aromatic nitrogens is 1. The second-order valence-corrected chi connectivity index (χ2v) is 8.89. The van der Waals surface area contributed by atoms with E-state index in [1.165, 1.54) is 9.60 Å². The fraction of sp³-hybridized carbons (Fsp3) is 0.348. The van der Waals surface area contributed by atoms with E-state index in [-0.39, 0.29) is 17.9 Å². The molecule has 1 saturated heterocycles. The molecule has 2 heterocycles. The number of piperidine rings is 1. The molecule has 156 valence electrons. The van der Waals surface area contributed by atoms with E-state index in [1.54, 1.807) is 49.7 Å². The van der Waals surface area contributed by atoms with E-state index in [9.17, 15) is 9.59 Å². The Bertz CT molecular complexity index is 1010. The summed E-state index contributed by atoms with van der Waals surface area (Å²) in [4.78, 5) is 33.3. The van der Waals surface area contributed by atoms with Gasteiger partial charge >= 0.3 is 0 Å². The van der Waals surface area contributed by atoms with E-state index in [0.717, 1.165) is 36.3 Å². The summed E-state index contributed by atoms with van der Waals surface area (Å²) in [6.07, 6.45) is 3.27. The molecule has 30 heavy (non-hydrogen) atoms. The molecule has 0 aliphatic carbocycles. The number of nitrogens with zero attached hydrogens (tertiary/aromatic N) is 3. The third-order valence-corrected chi connectivity index (χ3v) is 6.52. The van der Waals surface area contributed by atoms with Gasteiger partial charge in [0.1, 0.15) is 5.01 Å². The molecule has 0 unspecified atom stereocenters. The lowest BCUT2D eigenvalue weighted by Crippen LogP contribution is -2.39. The van der Waals surface area contributed by atoms with E-state index < -0.39 is 0 Å². The molecule has 1 N–H and O–H groups in total. The SMILES string of the molecule is CN(C)C(=O)c1ccc(NC(=O)CN2CCCC[C@H]2c2nc3ccccc3s2)cc1. The average molecular weight is 423 g/mol. The van der Waals surface area contributed by atoms with Crippen molar-refractivity contribution in [3.05, 3.63) is 59.1 Å². The van der Waals surface area contributed by atoms with E-state index in [4.69, 9.17) is 4.98 Å². The fourth-order valence-corrected chi connectivity index (χ4v) is 4.97. The molecule has 4 rings (SSSR count). The minimum atomic E-state index is -0.0557. The van der Waals surface area contributed by atoms with Crippen LogP contribution in [-0.2, 0) is 4.79 Å². The summed E-state index contributed by atoms with van der Waals surface area (Å²) in [6.45, 7) is 1.23. The van der Waals surface area contributed by atoms with Gasteiger partial charge in [-0.3, -0.25) is 14.5 Å². The Kier molecular flexibility index (Phi) is 6.11. The Morgan fingerprint density at radius 3 is 2.63 bits per heavy atom. The molecule has 1 fully saturated rings. The summed E-state index contributed by atoms with van der Waals surface area (Å²) in [5.74, 6) is -0.102. The number of benzene rings is 2. The number of carbonyl (C=O) groups excluding carboxylic acids is 2. The van der Waals surface area contributed by atoms with Crippen molar-refractivity contribution in [3.8, 4) is 0 Å². The number of carbonyl (C=O) groups is 2. The Balaban J connectivity index is 1.42. The van der Waals surface area contributed by atoms with Crippen molar-refractivity contribution in [1.82, 2.24) is 14.8 Å². The lowest BCUT2D eigenvalue weighted by molar-refractivity contribution is -0.118. The van der Waals surface area contributed by atoms with Crippen LogP contribution in [0.3, 0.4) is 0 Å². The number of hydrogen-bond donors (Lipinski definition) is 1. The number of anilines is 1. The molecule has 2 aromatic carbocycles. The zero-order valence-corrected chi connectivity index (χ0v) is 18.1. The Morgan fingerprint density at radius 2 is 1.90 bits per heavy atom. The third-order valence-electron chi connectivity index (χ3n) is 5.38. The summed E-state index contributed by atoms with van der Waals surface area (Å²) >= 11 is 1.72. The summed E-state index contributed by atoms with van der Waals surface area (Å²) in [5, 5.41) is 4.05. The van der Waals surface area contributed by atoms with E-state index in [1.807, 2.05) is 18.2 Å². The van der Waals surface area contributed by atoms with Gasteiger partial charge < -0.3 is 10.2 Å². The van der Waals surface area contributed by atoms with Gasteiger partial charge in [-0.2, -0.15) is 0 Å².